The molecule has 0 fully saturated rings. The van der Waals surface area contributed by atoms with Crippen LogP contribution in [-0.4, -0.2) is 30.9 Å². The quantitative estimate of drug-likeness (QED) is 0.249. The summed E-state index contributed by atoms with van der Waals surface area (Å²) in [6, 6.07) is 18.0. The van der Waals surface area contributed by atoms with Crippen LogP contribution in [0.1, 0.15) is 5.56 Å². The molecule has 0 saturated heterocycles. The molecule has 162 valence electrons. The predicted octanol–water partition coefficient (Wildman–Crippen LogP) is 4.08. The third-order valence-corrected chi connectivity index (χ3v) is 5.76. The second-order valence-electron chi connectivity index (χ2n) is 6.97. The van der Waals surface area contributed by atoms with E-state index in [4.69, 9.17) is 9.47 Å². The van der Waals surface area contributed by atoms with Gasteiger partial charge in [-0.1, -0.05) is 24.3 Å². The molecule has 4 aromatic rings. The molecule has 0 unspecified atom stereocenters. The van der Waals surface area contributed by atoms with Crippen molar-refractivity contribution in [2.75, 3.05) is 14.2 Å². The van der Waals surface area contributed by atoms with Gasteiger partial charge in [-0.15, -0.1) is 0 Å². The molecule has 3 aromatic carbocycles. The Morgan fingerprint density at radius 2 is 1.56 bits per heavy atom. The maximum absolute atomic E-state index is 12.8. The highest BCUT2D eigenvalue weighted by atomic mass is 79.9. The van der Waals surface area contributed by atoms with Gasteiger partial charge in [-0.25, -0.2) is 5.43 Å². The fourth-order valence-corrected chi connectivity index (χ4v) is 3.99. The highest BCUT2D eigenvalue weighted by Crippen LogP contribution is 2.32. The summed E-state index contributed by atoms with van der Waals surface area (Å²) >= 11 is 3.46. The summed E-state index contributed by atoms with van der Waals surface area (Å²) < 4.78 is 13.1. The van der Waals surface area contributed by atoms with E-state index >= 15 is 0 Å². The first-order chi connectivity index (χ1) is 15.5. The molecule has 1 amide bonds. The normalized spacial score (nSPS) is 11.2. The number of aromatic nitrogens is 1. The molecule has 7 nitrogen and oxygen atoms in total. The maximum Gasteiger partial charge on any atom is 0.260 e. The molecule has 0 aliphatic rings. The van der Waals surface area contributed by atoms with Gasteiger partial charge in [0.15, 0.2) is 16.9 Å². The molecular formula is C24H20BrN3O4. The zero-order valence-corrected chi connectivity index (χ0v) is 19.0. The van der Waals surface area contributed by atoms with Crippen LogP contribution in [0.15, 0.2) is 75.0 Å². The summed E-state index contributed by atoms with van der Waals surface area (Å²) in [5, 5.41) is 5.21. The molecule has 1 aromatic heterocycles. The van der Waals surface area contributed by atoms with E-state index in [0.29, 0.717) is 38.9 Å². The van der Waals surface area contributed by atoms with Crippen molar-refractivity contribution in [2.24, 2.45) is 5.10 Å². The standard InChI is InChI=1S/C24H20BrN3O4/c1-31-21-11-15(18(25)12-22(21)32-2)13-26-27-23(29)14-28-19-9-5-3-7-16(19)24(30)17-8-4-6-10-20(17)28/h3-13H,14H2,1-2H3,(H,27,29). The van der Waals surface area contributed by atoms with Crippen molar-refractivity contribution in [2.45, 2.75) is 6.54 Å². The first-order valence-corrected chi connectivity index (χ1v) is 10.6. The van der Waals surface area contributed by atoms with E-state index in [9.17, 15) is 9.59 Å². The molecule has 0 atom stereocenters. The molecule has 1 N–H and O–H groups in total. The number of para-hydroxylation sites is 2. The Balaban J connectivity index is 1.62. The zero-order chi connectivity index (χ0) is 22.7. The number of ether oxygens (including phenoxy) is 2. The van der Waals surface area contributed by atoms with Crippen LogP contribution in [0.3, 0.4) is 0 Å². The summed E-state index contributed by atoms with van der Waals surface area (Å²) in [4.78, 5) is 25.5. The molecule has 0 bridgehead atoms. The van der Waals surface area contributed by atoms with Gasteiger partial charge in [0.2, 0.25) is 0 Å². The molecule has 8 heteroatoms. The van der Waals surface area contributed by atoms with Crippen LogP contribution in [0.5, 0.6) is 11.5 Å². The summed E-state index contributed by atoms with van der Waals surface area (Å²) in [5.41, 5.74) is 4.60. The summed E-state index contributed by atoms with van der Waals surface area (Å²) in [6.45, 7) is 0.00570. The molecule has 0 saturated carbocycles. The Hall–Kier alpha value is -3.65. The highest BCUT2D eigenvalue weighted by Gasteiger charge is 2.13. The summed E-state index contributed by atoms with van der Waals surface area (Å²) in [7, 11) is 3.11. The van der Waals surface area contributed by atoms with Gasteiger partial charge in [0.1, 0.15) is 6.54 Å². The summed E-state index contributed by atoms with van der Waals surface area (Å²) in [6.07, 6.45) is 1.52. The second-order valence-corrected chi connectivity index (χ2v) is 7.83. The number of methoxy groups -OCH3 is 2. The number of halogens is 1. The third-order valence-electron chi connectivity index (χ3n) is 5.08. The van der Waals surface area contributed by atoms with Gasteiger partial charge >= 0.3 is 0 Å². The first kappa shape index (κ1) is 21.6. The number of benzene rings is 3. The smallest absolute Gasteiger partial charge is 0.260 e. The number of hydrogen-bond donors (Lipinski definition) is 1. The van der Waals surface area contributed by atoms with E-state index in [1.54, 1.807) is 38.5 Å². The number of nitrogens with one attached hydrogen (secondary N) is 1. The highest BCUT2D eigenvalue weighted by molar-refractivity contribution is 9.10. The van der Waals surface area contributed by atoms with Crippen LogP contribution < -0.4 is 20.3 Å². The maximum atomic E-state index is 12.8. The lowest BCUT2D eigenvalue weighted by Gasteiger charge is -2.14. The Morgan fingerprint density at radius 3 is 2.16 bits per heavy atom. The third kappa shape index (κ3) is 4.09. The number of hydrogen-bond acceptors (Lipinski definition) is 5. The fourth-order valence-electron chi connectivity index (χ4n) is 3.57. The van der Waals surface area contributed by atoms with Crippen LogP contribution in [0.2, 0.25) is 0 Å². The van der Waals surface area contributed by atoms with Gasteiger partial charge in [0, 0.05) is 20.8 Å². The van der Waals surface area contributed by atoms with Crippen molar-refractivity contribution in [3.8, 4) is 11.5 Å². The molecule has 32 heavy (non-hydrogen) atoms. The van der Waals surface area contributed by atoms with E-state index in [-0.39, 0.29) is 17.9 Å². The lowest BCUT2D eigenvalue weighted by molar-refractivity contribution is -0.121. The number of carbonyl (C=O) groups excluding carboxylic acids is 1. The first-order valence-electron chi connectivity index (χ1n) is 9.77. The molecule has 0 aliphatic carbocycles. The number of pyridine rings is 1. The van der Waals surface area contributed by atoms with Crippen LogP contribution in [0.25, 0.3) is 21.8 Å². The van der Waals surface area contributed by atoms with E-state index in [1.165, 1.54) is 6.21 Å². The van der Waals surface area contributed by atoms with Crippen LogP contribution in [0, 0.1) is 0 Å². The van der Waals surface area contributed by atoms with Crippen molar-refractivity contribution < 1.29 is 14.3 Å². The van der Waals surface area contributed by atoms with Crippen molar-refractivity contribution in [1.82, 2.24) is 9.99 Å². The number of fused-ring (bicyclic) bond motifs is 2. The van der Waals surface area contributed by atoms with Gasteiger partial charge in [0.25, 0.3) is 5.91 Å². The lowest BCUT2D eigenvalue weighted by Crippen LogP contribution is -2.25. The van der Waals surface area contributed by atoms with Crippen LogP contribution in [-0.2, 0) is 11.3 Å². The van der Waals surface area contributed by atoms with Crippen molar-refractivity contribution in [3.05, 3.63) is 80.9 Å². The summed E-state index contributed by atoms with van der Waals surface area (Å²) in [5.74, 6) is 0.809. The molecule has 0 spiro atoms. The molecule has 0 aliphatic heterocycles. The largest absolute Gasteiger partial charge is 0.493 e. The van der Waals surface area contributed by atoms with Gasteiger partial charge in [0.05, 0.1) is 31.5 Å². The molecule has 1 heterocycles. The lowest BCUT2D eigenvalue weighted by atomic mass is 10.1. The van der Waals surface area contributed by atoms with Gasteiger partial charge in [-0.3, -0.25) is 9.59 Å². The molecular weight excluding hydrogens is 474 g/mol. The zero-order valence-electron chi connectivity index (χ0n) is 17.5. The minimum Gasteiger partial charge on any atom is -0.493 e. The number of amides is 1. The second kappa shape index (κ2) is 9.23. The minimum absolute atomic E-state index is 0.00570. The monoisotopic (exact) mass is 493 g/mol. The topological polar surface area (TPSA) is 81.9 Å². The van der Waals surface area contributed by atoms with Gasteiger partial charge in [-0.05, 0) is 52.3 Å². The fraction of sp³-hybridized carbons (Fsp3) is 0.125. The average Bonchev–Trinajstić information content (AvgIpc) is 2.82. The molecule has 0 radical (unpaired) electrons. The number of nitrogens with zero attached hydrogens (tertiary/aromatic N) is 2. The van der Waals surface area contributed by atoms with Gasteiger partial charge < -0.3 is 14.0 Å². The Bertz CT molecular complexity index is 1350. The molecule has 4 rings (SSSR count). The number of hydrazone groups is 1. The number of rotatable bonds is 6. The van der Waals surface area contributed by atoms with E-state index in [0.717, 1.165) is 4.47 Å². The van der Waals surface area contributed by atoms with Crippen LogP contribution >= 0.6 is 15.9 Å². The van der Waals surface area contributed by atoms with E-state index < -0.39 is 0 Å². The van der Waals surface area contributed by atoms with E-state index in [2.05, 4.69) is 26.5 Å². The minimum atomic E-state index is -0.322. The van der Waals surface area contributed by atoms with Crippen molar-refractivity contribution >= 4 is 49.9 Å². The Morgan fingerprint density at radius 1 is 1.00 bits per heavy atom. The SMILES string of the molecule is COc1cc(Br)c(C=NNC(=O)Cn2c3ccccc3c(=O)c3ccccc32)cc1OC. The Labute approximate surface area is 192 Å². The van der Waals surface area contributed by atoms with Gasteiger partial charge in [-0.2, -0.15) is 5.10 Å². The number of carbonyl (C=O) groups is 1. The van der Waals surface area contributed by atoms with Crippen LogP contribution in [0.4, 0.5) is 0 Å². The predicted molar refractivity (Wildman–Crippen MR) is 129 cm³/mol. The van der Waals surface area contributed by atoms with Crippen molar-refractivity contribution in [3.63, 3.8) is 0 Å². The average molecular weight is 494 g/mol. The Kier molecular flexibility index (Phi) is 6.23. The van der Waals surface area contributed by atoms with Crippen molar-refractivity contribution in [1.29, 1.82) is 0 Å². The van der Waals surface area contributed by atoms with E-state index in [1.807, 2.05) is 41.0 Å².